The van der Waals surface area contributed by atoms with Gasteiger partial charge in [-0.15, -0.1) is 0 Å². The van der Waals surface area contributed by atoms with E-state index in [1.807, 2.05) is 0 Å². The number of carbonyl (C=O) groups excluding carboxylic acids is 2. The molecule has 0 bridgehead atoms. The molecule has 0 unspecified atom stereocenters. The van der Waals surface area contributed by atoms with Crippen molar-refractivity contribution in [2.45, 2.75) is 38.6 Å². The molecule has 0 aliphatic carbocycles. The summed E-state index contributed by atoms with van der Waals surface area (Å²) in [5, 5.41) is 6.34. The van der Waals surface area contributed by atoms with Crippen LogP contribution in [0, 0.1) is 0 Å². The Morgan fingerprint density at radius 2 is 1.91 bits per heavy atom. The minimum absolute atomic E-state index is 0.0831. The second kappa shape index (κ2) is 11.2. The average Bonchev–Trinajstić information content (AvgIpc) is 2.51. The van der Waals surface area contributed by atoms with E-state index in [0.29, 0.717) is 32.7 Å². The predicted octanol–water partition coefficient (Wildman–Crippen LogP) is 0.655. The third-order valence-corrected chi connectivity index (χ3v) is 3.87. The van der Waals surface area contributed by atoms with Gasteiger partial charge < -0.3 is 25.2 Å². The van der Waals surface area contributed by atoms with E-state index in [1.165, 1.54) is 0 Å². The zero-order valence-electron chi connectivity index (χ0n) is 14.8. The third kappa shape index (κ3) is 8.76. The van der Waals surface area contributed by atoms with Crippen molar-refractivity contribution in [1.82, 2.24) is 20.4 Å². The zero-order valence-corrected chi connectivity index (χ0v) is 14.8. The fraction of sp³-hybridized carbons (Fsp3) is 0.875. The van der Waals surface area contributed by atoms with Gasteiger partial charge in [0.25, 0.3) is 0 Å². The maximum atomic E-state index is 11.9. The van der Waals surface area contributed by atoms with E-state index < -0.39 is 0 Å². The topological polar surface area (TPSA) is 73.9 Å². The molecule has 0 aromatic carbocycles. The normalized spacial score (nSPS) is 15.7. The smallest absolute Gasteiger partial charge is 0.409 e. The molecule has 0 radical (unpaired) electrons. The number of hydrogen-bond acceptors (Lipinski definition) is 5. The maximum absolute atomic E-state index is 11.9. The quantitative estimate of drug-likeness (QED) is 0.608. The summed E-state index contributed by atoms with van der Waals surface area (Å²) in [5.74, 6) is 0.0831. The second-order valence-electron chi connectivity index (χ2n) is 6.18. The van der Waals surface area contributed by atoms with Crippen molar-refractivity contribution in [3.05, 3.63) is 0 Å². The van der Waals surface area contributed by atoms with Gasteiger partial charge >= 0.3 is 6.09 Å². The van der Waals surface area contributed by atoms with Crippen LogP contribution in [0.4, 0.5) is 4.79 Å². The van der Waals surface area contributed by atoms with Crippen molar-refractivity contribution in [2.24, 2.45) is 0 Å². The van der Waals surface area contributed by atoms with E-state index in [1.54, 1.807) is 11.8 Å². The van der Waals surface area contributed by atoms with Crippen molar-refractivity contribution in [3.8, 4) is 0 Å². The first-order chi connectivity index (χ1) is 11.0. The fourth-order valence-corrected chi connectivity index (χ4v) is 2.57. The summed E-state index contributed by atoms with van der Waals surface area (Å²) in [6.45, 7) is 6.19. The van der Waals surface area contributed by atoms with Crippen molar-refractivity contribution in [3.63, 3.8) is 0 Å². The minimum atomic E-state index is -0.251. The Kier molecular flexibility index (Phi) is 9.63. The van der Waals surface area contributed by atoms with Crippen LogP contribution in [0.5, 0.6) is 0 Å². The first kappa shape index (κ1) is 19.7. The maximum Gasteiger partial charge on any atom is 0.409 e. The van der Waals surface area contributed by atoms with Crippen LogP contribution in [0.25, 0.3) is 0 Å². The lowest BCUT2D eigenvalue weighted by atomic mass is 10.1. The van der Waals surface area contributed by atoms with Gasteiger partial charge in [0.1, 0.15) is 0 Å². The summed E-state index contributed by atoms with van der Waals surface area (Å²) >= 11 is 0. The van der Waals surface area contributed by atoms with Crippen LogP contribution < -0.4 is 10.6 Å². The van der Waals surface area contributed by atoms with E-state index in [2.05, 4.69) is 29.6 Å². The summed E-state index contributed by atoms with van der Waals surface area (Å²) in [4.78, 5) is 27.4. The standard InChI is InChI=1S/C16H32N4O3/c1-4-23-16(22)20-12-7-14(8-13-20)18-15(21)6-10-17-9-5-11-19(2)3/h14,17H,4-13H2,1-3H3,(H,18,21). The molecule has 2 amide bonds. The van der Waals surface area contributed by atoms with Gasteiger partial charge in [-0.3, -0.25) is 4.79 Å². The van der Waals surface area contributed by atoms with E-state index in [9.17, 15) is 9.59 Å². The van der Waals surface area contributed by atoms with Crippen molar-refractivity contribution in [2.75, 3.05) is 53.4 Å². The van der Waals surface area contributed by atoms with Crippen molar-refractivity contribution < 1.29 is 14.3 Å². The third-order valence-electron chi connectivity index (χ3n) is 3.87. The molecule has 7 nitrogen and oxygen atoms in total. The average molecular weight is 328 g/mol. The molecule has 0 spiro atoms. The highest BCUT2D eigenvalue weighted by Gasteiger charge is 2.24. The molecule has 1 saturated heterocycles. The number of nitrogens with zero attached hydrogens (tertiary/aromatic N) is 2. The lowest BCUT2D eigenvalue weighted by Gasteiger charge is -2.31. The van der Waals surface area contributed by atoms with Crippen LogP contribution in [0.15, 0.2) is 0 Å². The van der Waals surface area contributed by atoms with Crippen LogP contribution >= 0.6 is 0 Å². The summed E-state index contributed by atoms with van der Waals surface area (Å²) < 4.78 is 4.99. The minimum Gasteiger partial charge on any atom is -0.450 e. The molecule has 1 rings (SSSR count). The fourth-order valence-electron chi connectivity index (χ4n) is 2.57. The van der Waals surface area contributed by atoms with Gasteiger partial charge in [-0.1, -0.05) is 0 Å². The molecule has 1 aliphatic heterocycles. The highest BCUT2D eigenvalue weighted by Crippen LogP contribution is 2.11. The summed E-state index contributed by atoms with van der Waals surface area (Å²) in [7, 11) is 4.11. The van der Waals surface area contributed by atoms with Crippen LogP contribution in [-0.2, 0) is 9.53 Å². The first-order valence-corrected chi connectivity index (χ1v) is 8.59. The highest BCUT2D eigenvalue weighted by molar-refractivity contribution is 5.76. The molecular formula is C16H32N4O3. The van der Waals surface area contributed by atoms with Crippen molar-refractivity contribution in [1.29, 1.82) is 0 Å². The number of carbonyl (C=O) groups is 2. The number of rotatable bonds is 9. The Morgan fingerprint density at radius 1 is 1.22 bits per heavy atom. The highest BCUT2D eigenvalue weighted by atomic mass is 16.6. The first-order valence-electron chi connectivity index (χ1n) is 8.59. The van der Waals surface area contributed by atoms with E-state index >= 15 is 0 Å². The Balaban J connectivity index is 2.06. The number of hydrogen-bond donors (Lipinski definition) is 2. The molecule has 1 aliphatic rings. The monoisotopic (exact) mass is 328 g/mol. The number of amides is 2. The molecule has 0 saturated carbocycles. The molecule has 0 aromatic heterocycles. The molecule has 1 heterocycles. The van der Waals surface area contributed by atoms with E-state index in [-0.39, 0.29) is 18.0 Å². The van der Waals surface area contributed by atoms with Gasteiger partial charge in [0, 0.05) is 32.1 Å². The lowest BCUT2D eigenvalue weighted by Crippen LogP contribution is -2.47. The Morgan fingerprint density at radius 3 is 2.52 bits per heavy atom. The van der Waals surface area contributed by atoms with Gasteiger partial charge in [-0.25, -0.2) is 4.79 Å². The number of ether oxygens (including phenoxy) is 1. The summed E-state index contributed by atoms with van der Waals surface area (Å²) in [6, 6.07) is 0.168. The number of piperidine rings is 1. The molecule has 0 aromatic rings. The zero-order chi connectivity index (χ0) is 17.1. The predicted molar refractivity (Wildman–Crippen MR) is 90.4 cm³/mol. The molecule has 23 heavy (non-hydrogen) atoms. The summed E-state index contributed by atoms with van der Waals surface area (Å²) in [6.07, 6.45) is 2.92. The van der Waals surface area contributed by atoms with Crippen LogP contribution in [-0.4, -0.2) is 81.3 Å². The molecule has 1 fully saturated rings. The van der Waals surface area contributed by atoms with Gasteiger partial charge in [-0.05, 0) is 53.4 Å². The largest absolute Gasteiger partial charge is 0.450 e. The Labute approximate surface area is 139 Å². The van der Waals surface area contributed by atoms with Gasteiger partial charge in [0.15, 0.2) is 0 Å². The molecular weight excluding hydrogens is 296 g/mol. The SMILES string of the molecule is CCOC(=O)N1CCC(NC(=O)CCNCCCN(C)C)CC1. The second-order valence-corrected chi connectivity index (χ2v) is 6.18. The molecule has 134 valence electrons. The number of likely N-dealkylation sites (tertiary alicyclic amines) is 1. The van der Waals surface area contributed by atoms with Crippen LogP contribution in [0.3, 0.4) is 0 Å². The Bertz CT molecular complexity index is 355. The van der Waals surface area contributed by atoms with Crippen LogP contribution in [0.2, 0.25) is 0 Å². The Hall–Kier alpha value is -1.34. The molecule has 0 atom stereocenters. The van der Waals surface area contributed by atoms with Gasteiger partial charge in [0.2, 0.25) is 5.91 Å². The van der Waals surface area contributed by atoms with Gasteiger partial charge in [0.05, 0.1) is 6.61 Å². The lowest BCUT2D eigenvalue weighted by molar-refractivity contribution is -0.121. The van der Waals surface area contributed by atoms with E-state index in [4.69, 9.17) is 4.74 Å². The molecule has 7 heteroatoms. The number of nitrogens with one attached hydrogen (secondary N) is 2. The van der Waals surface area contributed by atoms with Crippen molar-refractivity contribution >= 4 is 12.0 Å². The van der Waals surface area contributed by atoms with Crippen LogP contribution in [0.1, 0.15) is 32.6 Å². The molecule has 2 N–H and O–H groups in total. The van der Waals surface area contributed by atoms with E-state index in [0.717, 1.165) is 32.4 Å². The summed E-state index contributed by atoms with van der Waals surface area (Å²) in [5.41, 5.74) is 0. The van der Waals surface area contributed by atoms with Gasteiger partial charge in [-0.2, -0.15) is 0 Å².